The first kappa shape index (κ1) is 23.9. The summed E-state index contributed by atoms with van der Waals surface area (Å²) < 4.78 is 0. The topological polar surface area (TPSA) is 73.9 Å². The average molecular weight is 471 g/mol. The fourth-order valence-corrected chi connectivity index (χ4v) is 4.75. The van der Waals surface area contributed by atoms with Crippen molar-refractivity contribution in [2.24, 2.45) is 0 Å². The van der Waals surface area contributed by atoms with Crippen molar-refractivity contribution in [2.45, 2.75) is 58.0 Å². The molecule has 0 saturated heterocycles. The molecule has 160 valence electrons. The van der Waals surface area contributed by atoms with Crippen LogP contribution in [0.3, 0.4) is 0 Å². The largest absolute Gasteiger partial charge is 0.363 e. The molecule has 4 N–H and O–H groups in total. The van der Waals surface area contributed by atoms with Crippen molar-refractivity contribution in [3.63, 3.8) is 0 Å². The van der Waals surface area contributed by atoms with Crippen molar-refractivity contribution in [3.05, 3.63) is 33.2 Å². The third-order valence-corrected chi connectivity index (χ3v) is 6.49. The van der Waals surface area contributed by atoms with Crippen LogP contribution in [-0.4, -0.2) is 33.3 Å². The molecular formula is C19H30N6S4. The molecule has 0 aliphatic rings. The monoisotopic (exact) mass is 470 g/mol. The molecule has 0 radical (unpaired) electrons. The number of nitrogens with zero attached hydrogens (tertiary/aromatic N) is 2. The molecule has 29 heavy (non-hydrogen) atoms. The average Bonchev–Trinajstić information content (AvgIpc) is 3.41. The Morgan fingerprint density at radius 1 is 0.862 bits per heavy atom. The van der Waals surface area contributed by atoms with Crippen LogP contribution in [0.5, 0.6) is 0 Å². The van der Waals surface area contributed by atoms with Crippen LogP contribution in [0.15, 0.2) is 23.2 Å². The first-order valence-corrected chi connectivity index (χ1v) is 12.6. The SMILES string of the molecule is CCCC(NC(=S)NCCCNC(=S)NC(CCC)c1nccs1)c1nccs1. The van der Waals surface area contributed by atoms with Crippen LogP contribution >= 0.6 is 47.1 Å². The summed E-state index contributed by atoms with van der Waals surface area (Å²) >= 11 is 14.2. The van der Waals surface area contributed by atoms with Gasteiger partial charge in [-0.1, -0.05) is 26.7 Å². The van der Waals surface area contributed by atoms with Gasteiger partial charge in [0.05, 0.1) is 12.1 Å². The Labute approximate surface area is 192 Å². The fourth-order valence-electron chi connectivity index (χ4n) is 2.82. The number of hydrogen-bond acceptors (Lipinski definition) is 6. The summed E-state index contributed by atoms with van der Waals surface area (Å²) in [7, 11) is 0. The number of thiocarbonyl (C=S) groups is 2. The predicted octanol–water partition coefficient (Wildman–Crippen LogP) is 4.30. The van der Waals surface area contributed by atoms with E-state index >= 15 is 0 Å². The van der Waals surface area contributed by atoms with Gasteiger partial charge in [0.15, 0.2) is 10.2 Å². The summed E-state index contributed by atoms with van der Waals surface area (Å²) in [5, 5.41) is 20.8. The van der Waals surface area contributed by atoms with Gasteiger partial charge in [0, 0.05) is 36.2 Å². The Bertz CT molecular complexity index is 644. The molecule has 2 aromatic rings. The molecule has 2 unspecified atom stereocenters. The third kappa shape index (κ3) is 8.90. The van der Waals surface area contributed by atoms with Crippen molar-refractivity contribution in [1.29, 1.82) is 0 Å². The van der Waals surface area contributed by atoms with Crippen LogP contribution in [0.2, 0.25) is 0 Å². The molecule has 6 nitrogen and oxygen atoms in total. The molecule has 0 fully saturated rings. The minimum atomic E-state index is 0.177. The number of nitrogens with one attached hydrogen (secondary N) is 4. The molecular weight excluding hydrogens is 441 g/mol. The molecule has 0 aliphatic heterocycles. The van der Waals surface area contributed by atoms with Gasteiger partial charge in [0.25, 0.3) is 0 Å². The molecule has 2 rings (SSSR count). The lowest BCUT2D eigenvalue weighted by molar-refractivity contribution is 0.566. The molecule has 2 aromatic heterocycles. The van der Waals surface area contributed by atoms with Gasteiger partial charge in [-0.25, -0.2) is 9.97 Å². The Hall–Kier alpha value is -1.36. The Balaban J connectivity index is 1.63. The van der Waals surface area contributed by atoms with Gasteiger partial charge >= 0.3 is 0 Å². The highest BCUT2D eigenvalue weighted by atomic mass is 32.1. The Morgan fingerprint density at radius 3 is 1.66 bits per heavy atom. The van der Waals surface area contributed by atoms with Crippen LogP contribution in [0.4, 0.5) is 0 Å². The van der Waals surface area contributed by atoms with Crippen LogP contribution in [0.1, 0.15) is 68.1 Å². The smallest absolute Gasteiger partial charge is 0.166 e. The lowest BCUT2D eigenvalue weighted by atomic mass is 10.2. The maximum atomic E-state index is 5.44. The zero-order valence-corrected chi connectivity index (χ0v) is 20.2. The number of thiazole rings is 2. The van der Waals surface area contributed by atoms with E-state index < -0.39 is 0 Å². The van der Waals surface area contributed by atoms with E-state index in [4.69, 9.17) is 24.4 Å². The zero-order valence-electron chi connectivity index (χ0n) is 16.9. The van der Waals surface area contributed by atoms with Crippen molar-refractivity contribution < 1.29 is 0 Å². The minimum Gasteiger partial charge on any atom is -0.363 e. The second kappa shape index (κ2) is 13.8. The molecule has 0 saturated carbocycles. The second-order valence-electron chi connectivity index (χ2n) is 6.58. The van der Waals surface area contributed by atoms with Crippen molar-refractivity contribution in [3.8, 4) is 0 Å². The van der Waals surface area contributed by atoms with Crippen LogP contribution in [0, 0.1) is 0 Å². The molecule has 0 aromatic carbocycles. The van der Waals surface area contributed by atoms with Crippen LogP contribution < -0.4 is 21.3 Å². The lowest BCUT2D eigenvalue weighted by Crippen LogP contribution is -2.41. The normalized spacial score (nSPS) is 12.8. The molecule has 0 amide bonds. The van der Waals surface area contributed by atoms with Gasteiger partial charge in [0.2, 0.25) is 0 Å². The van der Waals surface area contributed by atoms with E-state index in [2.05, 4.69) is 45.1 Å². The van der Waals surface area contributed by atoms with E-state index in [0.29, 0.717) is 10.2 Å². The van der Waals surface area contributed by atoms with Crippen molar-refractivity contribution in [2.75, 3.05) is 13.1 Å². The summed E-state index contributed by atoms with van der Waals surface area (Å²) in [5.74, 6) is 0. The van der Waals surface area contributed by atoms with Gasteiger partial charge < -0.3 is 21.3 Å². The molecule has 2 atom stereocenters. The van der Waals surface area contributed by atoms with Gasteiger partial charge in [0.1, 0.15) is 10.0 Å². The summed E-state index contributed by atoms with van der Waals surface area (Å²) in [4.78, 5) is 8.81. The predicted molar refractivity (Wildman–Crippen MR) is 132 cm³/mol. The highest BCUT2D eigenvalue weighted by molar-refractivity contribution is 7.80. The first-order valence-electron chi connectivity index (χ1n) is 10.0. The molecule has 0 spiro atoms. The Morgan fingerprint density at radius 2 is 1.31 bits per heavy atom. The fraction of sp³-hybridized carbons (Fsp3) is 0.579. The van der Waals surface area contributed by atoms with Crippen LogP contribution in [0.25, 0.3) is 0 Å². The molecule has 0 bridgehead atoms. The summed E-state index contributed by atoms with van der Waals surface area (Å²) in [5.41, 5.74) is 0. The maximum Gasteiger partial charge on any atom is 0.166 e. The number of rotatable bonds is 12. The van der Waals surface area contributed by atoms with E-state index in [1.165, 1.54) is 0 Å². The Kier molecular flexibility index (Phi) is 11.4. The molecule has 10 heteroatoms. The second-order valence-corrected chi connectivity index (χ2v) is 9.25. The van der Waals surface area contributed by atoms with Gasteiger partial charge in [-0.3, -0.25) is 0 Å². The quantitative estimate of drug-likeness (QED) is 0.270. The summed E-state index contributed by atoms with van der Waals surface area (Å²) in [6.45, 7) is 5.90. The van der Waals surface area contributed by atoms with Crippen molar-refractivity contribution >= 4 is 57.3 Å². The summed E-state index contributed by atoms with van der Waals surface area (Å²) in [6, 6.07) is 0.354. The lowest BCUT2D eigenvalue weighted by Gasteiger charge is -2.19. The van der Waals surface area contributed by atoms with E-state index in [1.54, 1.807) is 22.7 Å². The number of hydrogen-bond donors (Lipinski definition) is 4. The first-order chi connectivity index (χ1) is 14.1. The minimum absolute atomic E-state index is 0.177. The zero-order chi connectivity index (χ0) is 20.9. The highest BCUT2D eigenvalue weighted by Gasteiger charge is 2.15. The van der Waals surface area contributed by atoms with Gasteiger partial charge in [-0.15, -0.1) is 22.7 Å². The van der Waals surface area contributed by atoms with E-state index in [1.807, 2.05) is 23.2 Å². The van der Waals surface area contributed by atoms with Gasteiger partial charge in [-0.2, -0.15) is 0 Å². The van der Waals surface area contributed by atoms with Gasteiger partial charge in [-0.05, 0) is 43.7 Å². The molecule has 2 heterocycles. The number of aromatic nitrogens is 2. The standard InChI is InChI=1S/C19H30N6S4/c1-3-6-14(16-20-10-12-28-16)24-18(26)22-8-5-9-23-19(27)25-15(7-4-2)17-21-11-13-29-17/h10-15H,3-9H2,1-2H3,(H2,22,24,26)(H2,23,25,27). The van der Waals surface area contributed by atoms with Crippen LogP contribution in [-0.2, 0) is 0 Å². The third-order valence-electron chi connectivity index (χ3n) is 4.19. The van der Waals surface area contributed by atoms with E-state index in [-0.39, 0.29) is 12.1 Å². The van der Waals surface area contributed by atoms with Crippen molar-refractivity contribution in [1.82, 2.24) is 31.2 Å². The van der Waals surface area contributed by atoms with E-state index in [0.717, 1.165) is 55.2 Å². The highest BCUT2D eigenvalue weighted by Crippen LogP contribution is 2.21. The molecule has 0 aliphatic carbocycles. The van der Waals surface area contributed by atoms with E-state index in [9.17, 15) is 0 Å². The maximum absolute atomic E-state index is 5.44. The summed E-state index contributed by atoms with van der Waals surface area (Å²) in [6.07, 6.45) is 8.76.